The Morgan fingerprint density at radius 3 is 2.67 bits per heavy atom. The van der Waals surface area contributed by atoms with Gasteiger partial charge in [0.25, 0.3) is 0 Å². The lowest BCUT2D eigenvalue weighted by Gasteiger charge is -2.09. The van der Waals surface area contributed by atoms with Crippen LogP contribution in [0.1, 0.15) is 23.2 Å². The van der Waals surface area contributed by atoms with Crippen molar-refractivity contribution >= 4 is 23.3 Å². The average Bonchev–Trinajstić information content (AvgIpc) is 2.37. The highest BCUT2D eigenvalue weighted by Gasteiger charge is 2.09. The van der Waals surface area contributed by atoms with Crippen LogP contribution in [0.4, 0.5) is 11.4 Å². The lowest BCUT2D eigenvalue weighted by atomic mass is 10.1. The smallest absolute Gasteiger partial charge is 0.337 e. The van der Waals surface area contributed by atoms with E-state index < -0.39 is 5.97 Å². The number of carbonyl (C=O) groups excluding carboxylic acids is 2. The molecular formula is C12H17N3O3. The van der Waals surface area contributed by atoms with Crippen LogP contribution >= 0.6 is 0 Å². The molecule has 5 N–H and O–H groups in total. The number of ether oxygens (including phenoxy) is 1. The van der Waals surface area contributed by atoms with Crippen molar-refractivity contribution < 1.29 is 14.3 Å². The van der Waals surface area contributed by atoms with Crippen LogP contribution in [0.2, 0.25) is 0 Å². The quantitative estimate of drug-likeness (QED) is 0.528. The number of esters is 1. The highest BCUT2D eigenvalue weighted by molar-refractivity contribution is 5.96. The van der Waals surface area contributed by atoms with Gasteiger partial charge in [0.15, 0.2) is 0 Å². The van der Waals surface area contributed by atoms with Crippen LogP contribution in [0.15, 0.2) is 18.2 Å². The highest BCUT2D eigenvalue weighted by atomic mass is 16.5. The molecule has 6 heteroatoms. The van der Waals surface area contributed by atoms with Gasteiger partial charge in [-0.25, -0.2) is 4.79 Å². The molecule has 1 rings (SSSR count). The van der Waals surface area contributed by atoms with Crippen LogP contribution in [0.3, 0.4) is 0 Å². The van der Waals surface area contributed by atoms with Gasteiger partial charge < -0.3 is 21.5 Å². The Morgan fingerprint density at radius 2 is 2.11 bits per heavy atom. The van der Waals surface area contributed by atoms with Gasteiger partial charge in [-0.3, -0.25) is 4.79 Å². The molecule has 0 fully saturated rings. The Bertz CT molecular complexity index is 446. The summed E-state index contributed by atoms with van der Waals surface area (Å²) in [5, 5.41) is 2.66. The predicted octanol–water partition coefficient (Wildman–Crippen LogP) is 0.733. The number of hydrogen-bond donors (Lipinski definition) is 3. The van der Waals surface area contributed by atoms with E-state index in [1.54, 1.807) is 12.1 Å². The average molecular weight is 251 g/mol. The van der Waals surface area contributed by atoms with Crippen molar-refractivity contribution in [3.05, 3.63) is 23.8 Å². The molecule has 0 aromatic heterocycles. The van der Waals surface area contributed by atoms with Crippen LogP contribution < -0.4 is 16.8 Å². The summed E-state index contributed by atoms with van der Waals surface area (Å²) in [6.45, 7) is 0.462. The maximum atomic E-state index is 11.5. The van der Waals surface area contributed by atoms with Crippen LogP contribution in [0.5, 0.6) is 0 Å². The van der Waals surface area contributed by atoms with Gasteiger partial charge in [0.1, 0.15) is 0 Å². The zero-order valence-electron chi connectivity index (χ0n) is 10.2. The van der Waals surface area contributed by atoms with E-state index in [1.165, 1.54) is 13.2 Å². The van der Waals surface area contributed by atoms with E-state index >= 15 is 0 Å². The minimum absolute atomic E-state index is 0.155. The Kier molecular flexibility index (Phi) is 5.13. The second kappa shape index (κ2) is 6.61. The first kappa shape index (κ1) is 14.0. The van der Waals surface area contributed by atoms with E-state index in [1.807, 2.05) is 0 Å². The second-order valence-corrected chi connectivity index (χ2v) is 3.73. The Morgan fingerprint density at radius 1 is 1.39 bits per heavy atom. The molecule has 0 bridgehead atoms. The van der Waals surface area contributed by atoms with Gasteiger partial charge in [-0.1, -0.05) is 0 Å². The molecule has 0 saturated heterocycles. The van der Waals surface area contributed by atoms with Crippen LogP contribution in [0, 0.1) is 0 Å². The number of hydrogen-bond acceptors (Lipinski definition) is 5. The lowest BCUT2D eigenvalue weighted by molar-refractivity contribution is -0.116. The van der Waals surface area contributed by atoms with Gasteiger partial charge in [0.05, 0.1) is 24.0 Å². The number of nitrogen functional groups attached to an aromatic ring is 1. The summed E-state index contributed by atoms with van der Waals surface area (Å²) < 4.78 is 4.57. The summed E-state index contributed by atoms with van der Waals surface area (Å²) in [7, 11) is 1.29. The molecule has 0 radical (unpaired) electrons. The molecule has 1 aromatic carbocycles. The SMILES string of the molecule is COC(=O)c1ccc(NC(=O)CCCN)c(N)c1. The fourth-order valence-corrected chi connectivity index (χ4v) is 1.40. The summed E-state index contributed by atoms with van der Waals surface area (Å²) in [6, 6.07) is 4.58. The van der Waals surface area contributed by atoms with E-state index in [2.05, 4.69) is 10.1 Å². The van der Waals surface area contributed by atoms with E-state index in [4.69, 9.17) is 11.5 Å². The van der Waals surface area contributed by atoms with Crippen molar-refractivity contribution in [1.82, 2.24) is 0 Å². The van der Waals surface area contributed by atoms with Crippen molar-refractivity contribution in [2.45, 2.75) is 12.8 Å². The molecule has 0 saturated carbocycles. The first-order valence-electron chi connectivity index (χ1n) is 5.56. The number of amides is 1. The number of nitrogens with one attached hydrogen (secondary N) is 1. The van der Waals surface area contributed by atoms with Gasteiger partial charge in [-0.05, 0) is 31.2 Å². The predicted molar refractivity (Wildman–Crippen MR) is 69.1 cm³/mol. The minimum atomic E-state index is -0.470. The highest BCUT2D eigenvalue weighted by Crippen LogP contribution is 2.20. The van der Waals surface area contributed by atoms with Gasteiger partial charge in [-0.2, -0.15) is 0 Å². The van der Waals surface area contributed by atoms with Gasteiger partial charge in [0.2, 0.25) is 5.91 Å². The molecule has 0 spiro atoms. The van der Waals surface area contributed by atoms with Crippen LogP contribution in [0.25, 0.3) is 0 Å². The van der Waals surface area contributed by atoms with E-state index in [9.17, 15) is 9.59 Å². The largest absolute Gasteiger partial charge is 0.465 e. The molecule has 1 aromatic rings. The molecule has 6 nitrogen and oxygen atoms in total. The van der Waals surface area contributed by atoms with E-state index in [0.717, 1.165) is 0 Å². The molecule has 0 aliphatic rings. The topological polar surface area (TPSA) is 107 Å². The first-order valence-corrected chi connectivity index (χ1v) is 5.56. The number of anilines is 2. The summed E-state index contributed by atoms with van der Waals surface area (Å²) in [6.07, 6.45) is 0.959. The molecule has 0 heterocycles. The maximum absolute atomic E-state index is 11.5. The molecular weight excluding hydrogens is 234 g/mol. The van der Waals surface area contributed by atoms with Crippen molar-refractivity contribution in [2.75, 3.05) is 24.7 Å². The van der Waals surface area contributed by atoms with Gasteiger partial charge >= 0.3 is 5.97 Å². The fourth-order valence-electron chi connectivity index (χ4n) is 1.40. The Hall–Kier alpha value is -2.08. The number of benzene rings is 1. The zero-order chi connectivity index (χ0) is 13.5. The molecule has 0 atom stereocenters. The monoisotopic (exact) mass is 251 g/mol. The van der Waals surface area contributed by atoms with Gasteiger partial charge in [-0.15, -0.1) is 0 Å². The van der Waals surface area contributed by atoms with Gasteiger partial charge in [0, 0.05) is 6.42 Å². The van der Waals surface area contributed by atoms with E-state index in [0.29, 0.717) is 36.3 Å². The van der Waals surface area contributed by atoms with Crippen molar-refractivity contribution in [2.24, 2.45) is 5.73 Å². The van der Waals surface area contributed by atoms with Crippen molar-refractivity contribution in [3.8, 4) is 0 Å². The third-order valence-corrected chi connectivity index (χ3v) is 2.35. The first-order chi connectivity index (χ1) is 8.58. The molecule has 18 heavy (non-hydrogen) atoms. The van der Waals surface area contributed by atoms with Crippen molar-refractivity contribution in [1.29, 1.82) is 0 Å². The van der Waals surface area contributed by atoms with Crippen LogP contribution in [-0.4, -0.2) is 25.5 Å². The Balaban J connectivity index is 2.74. The molecule has 0 aliphatic carbocycles. The lowest BCUT2D eigenvalue weighted by Crippen LogP contribution is -2.14. The number of nitrogens with two attached hydrogens (primary N) is 2. The fraction of sp³-hybridized carbons (Fsp3) is 0.333. The molecule has 1 amide bonds. The Labute approximate surface area is 105 Å². The van der Waals surface area contributed by atoms with Crippen LogP contribution in [-0.2, 0) is 9.53 Å². The summed E-state index contributed by atoms with van der Waals surface area (Å²) in [5.41, 5.74) is 12.2. The third kappa shape index (κ3) is 3.74. The third-order valence-electron chi connectivity index (χ3n) is 2.35. The summed E-state index contributed by atoms with van der Waals surface area (Å²) in [5.74, 6) is -0.624. The molecule has 98 valence electrons. The normalized spacial score (nSPS) is 9.89. The van der Waals surface area contributed by atoms with Crippen molar-refractivity contribution in [3.63, 3.8) is 0 Å². The number of rotatable bonds is 5. The number of carbonyl (C=O) groups is 2. The number of methoxy groups -OCH3 is 1. The maximum Gasteiger partial charge on any atom is 0.337 e. The second-order valence-electron chi connectivity index (χ2n) is 3.73. The summed E-state index contributed by atoms with van der Waals surface area (Å²) >= 11 is 0. The van der Waals surface area contributed by atoms with E-state index in [-0.39, 0.29) is 5.91 Å². The molecule has 0 aliphatic heterocycles. The molecule has 0 unspecified atom stereocenters. The summed E-state index contributed by atoms with van der Waals surface area (Å²) in [4.78, 5) is 22.7. The zero-order valence-corrected chi connectivity index (χ0v) is 10.2. The standard InChI is InChI=1S/C12H17N3O3/c1-18-12(17)8-4-5-10(9(14)7-8)15-11(16)3-2-6-13/h4-5,7H,2-3,6,13-14H2,1H3,(H,15,16). The minimum Gasteiger partial charge on any atom is -0.465 e.